The lowest BCUT2D eigenvalue weighted by atomic mass is 9.87. The molecule has 0 aromatic carbocycles. The number of hydrogen-bond donors (Lipinski definition) is 2. The van der Waals surface area contributed by atoms with E-state index in [0.29, 0.717) is 31.8 Å². The molecule has 3 heterocycles. The largest absolute Gasteiger partial charge is 0.390 e. The summed E-state index contributed by atoms with van der Waals surface area (Å²) in [5.74, 6) is -0.0893. The van der Waals surface area contributed by atoms with Crippen molar-refractivity contribution in [2.45, 2.75) is 57.2 Å². The van der Waals surface area contributed by atoms with E-state index >= 15 is 0 Å². The van der Waals surface area contributed by atoms with Gasteiger partial charge in [0.25, 0.3) is 5.91 Å². The molecule has 122 valence electrons. The van der Waals surface area contributed by atoms with Crippen molar-refractivity contribution < 1.29 is 14.6 Å². The van der Waals surface area contributed by atoms with E-state index in [1.54, 1.807) is 4.90 Å². The molecule has 1 amide bonds. The number of piperidine rings is 1. The van der Waals surface area contributed by atoms with E-state index in [0.717, 1.165) is 18.5 Å². The fraction of sp³-hybridized carbons (Fsp3) is 0.750. The smallest absolute Gasteiger partial charge is 0.274 e. The van der Waals surface area contributed by atoms with Crippen LogP contribution in [0.2, 0.25) is 0 Å². The Hall–Kier alpha value is -1.40. The number of aromatic amines is 1. The number of likely N-dealkylation sites (tertiary alicyclic amines) is 1. The lowest BCUT2D eigenvalue weighted by Gasteiger charge is -2.42. The van der Waals surface area contributed by atoms with Gasteiger partial charge in [0.1, 0.15) is 11.3 Å². The number of rotatable bonds is 1. The van der Waals surface area contributed by atoms with Crippen LogP contribution < -0.4 is 0 Å². The molecule has 0 unspecified atom stereocenters. The summed E-state index contributed by atoms with van der Waals surface area (Å²) in [4.78, 5) is 14.5. The number of hydrogen-bond acceptors (Lipinski definition) is 4. The highest BCUT2D eigenvalue weighted by atomic mass is 16.5. The van der Waals surface area contributed by atoms with E-state index in [2.05, 4.69) is 31.0 Å². The maximum Gasteiger partial charge on any atom is 0.274 e. The summed E-state index contributed by atoms with van der Waals surface area (Å²) in [6.07, 6.45) is 1.83. The first-order chi connectivity index (χ1) is 10.3. The molecule has 0 bridgehead atoms. The predicted molar refractivity (Wildman–Crippen MR) is 81.7 cm³/mol. The van der Waals surface area contributed by atoms with E-state index in [4.69, 9.17) is 4.74 Å². The molecule has 0 radical (unpaired) electrons. The standard InChI is InChI=1S/C16H25N3O3/c1-15(2,3)12-9-11(17-18-12)14(21)19-7-5-13(20)16(10-19)6-4-8-22-16/h9,13,20H,4-8,10H2,1-3H3,(H,17,18)/t13-,16-/m0/s1. The van der Waals surface area contributed by atoms with E-state index in [-0.39, 0.29) is 11.3 Å². The third-order valence-electron chi connectivity index (χ3n) is 4.76. The zero-order chi connectivity index (χ0) is 16.0. The minimum Gasteiger partial charge on any atom is -0.390 e. The average Bonchev–Trinajstić information content (AvgIpc) is 3.11. The van der Waals surface area contributed by atoms with E-state index in [1.165, 1.54) is 0 Å². The molecule has 2 aliphatic heterocycles. The van der Waals surface area contributed by atoms with Gasteiger partial charge >= 0.3 is 0 Å². The normalized spacial score (nSPS) is 29.3. The molecule has 6 heteroatoms. The summed E-state index contributed by atoms with van der Waals surface area (Å²) in [7, 11) is 0. The summed E-state index contributed by atoms with van der Waals surface area (Å²) < 4.78 is 5.80. The molecule has 2 atom stereocenters. The van der Waals surface area contributed by atoms with Gasteiger partial charge in [-0.1, -0.05) is 20.8 Å². The average molecular weight is 307 g/mol. The number of aromatic nitrogens is 2. The third kappa shape index (κ3) is 2.65. The van der Waals surface area contributed by atoms with Crippen LogP contribution in [0.25, 0.3) is 0 Å². The Morgan fingerprint density at radius 2 is 2.32 bits per heavy atom. The maximum atomic E-state index is 12.7. The van der Waals surface area contributed by atoms with Gasteiger partial charge in [0.15, 0.2) is 0 Å². The second-order valence-corrected chi connectivity index (χ2v) is 7.46. The van der Waals surface area contributed by atoms with Crippen LogP contribution in [0.5, 0.6) is 0 Å². The SMILES string of the molecule is CC(C)(C)c1cc(C(=O)N2CC[C@H](O)[C@]3(CCCO3)C2)n[nH]1. The Labute approximate surface area is 130 Å². The maximum absolute atomic E-state index is 12.7. The van der Waals surface area contributed by atoms with Crippen LogP contribution in [0.3, 0.4) is 0 Å². The van der Waals surface area contributed by atoms with E-state index in [9.17, 15) is 9.90 Å². The number of nitrogens with one attached hydrogen (secondary N) is 1. The van der Waals surface area contributed by atoms with Crippen LogP contribution in [0, 0.1) is 0 Å². The van der Waals surface area contributed by atoms with Crippen LogP contribution in [0.15, 0.2) is 6.07 Å². The number of carbonyl (C=O) groups excluding carboxylic acids is 1. The highest BCUT2D eigenvalue weighted by Gasteiger charge is 2.47. The quantitative estimate of drug-likeness (QED) is 0.823. The predicted octanol–water partition coefficient (Wildman–Crippen LogP) is 1.46. The summed E-state index contributed by atoms with van der Waals surface area (Å²) >= 11 is 0. The molecule has 2 fully saturated rings. The molecule has 3 rings (SSSR count). The van der Waals surface area contributed by atoms with Crippen LogP contribution in [-0.4, -0.2) is 57.5 Å². The topological polar surface area (TPSA) is 78.5 Å². The molecular formula is C16H25N3O3. The van der Waals surface area contributed by atoms with Crippen LogP contribution in [0.4, 0.5) is 0 Å². The Balaban J connectivity index is 1.76. The van der Waals surface area contributed by atoms with Crippen LogP contribution in [0.1, 0.15) is 56.2 Å². The van der Waals surface area contributed by atoms with E-state index < -0.39 is 11.7 Å². The van der Waals surface area contributed by atoms with Crippen molar-refractivity contribution >= 4 is 5.91 Å². The molecule has 0 aliphatic carbocycles. The summed E-state index contributed by atoms with van der Waals surface area (Å²) in [5.41, 5.74) is 0.741. The molecule has 2 N–H and O–H groups in total. The van der Waals surface area contributed by atoms with Crippen LogP contribution in [-0.2, 0) is 10.2 Å². The van der Waals surface area contributed by atoms with Crippen molar-refractivity contribution in [3.05, 3.63) is 17.5 Å². The molecule has 1 aromatic rings. The third-order valence-corrected chi connectivity index (χ3v) is 4.76. The highest BCUT2D eigenvalue weighted by molar-refractivity contribution is 5.92. The van der Waals surface area contributed by atoms with Crippen molar-refractivity contribution in [2.24, 2.45) is 0 Å². The molecule has 1 aromatic heterocycles. The minimum absolute atomic E-state index is 0.0700. The molecule has 2 aliphatic rings. The Bertz CT molecular complexity index is 555. The highest BCUT2D eigenvalue weighted by Crippen LogP contribution is 2.35. The lowest BCUT2D eigenvalue weighted by molar-refractivity contribution is -0.124. The molecular weight excluding hydrogens is 282 g/mol. The molecule has 0 saturated carbocycles. The van der Waals surface area contributed by atoms with Gasteiger partial charge in [-0.25, -0.2) is 0 Å². The number of nitrogens with zero attached hydrogens (tertiary/aromatic N) is 2. The van der Waals surface area contributed by atoms with Crippen molar-refractivity contribution in [1.82, 2.24) is 15.1 Å². The summed E-state index contributed by atoms with van der Waals surface area (Å²) in [6, 6.07) is 1.83. The fourth-order valence-corrected chi connectivity index (χ4v) is 3.31. The van der Waals surface area contributed by atoms with Gasteiger partial charge in [-0.3, -0.25) is 9.89 Å². The number of carbonyl (C=O) groups is 1. The first-order valence-corrected chi connectivity index (χ1v) is 7.99. The Morgan fingerprint density at radius 3 is 2.91 bits per heavy atom. The number of H-pyrrole nitrogens is 1. The molecule has 1 spiro atoms. The summed E-state index contributed by atoms with van der Waals surface area (Å²) in [5, 5.41) is 17.4. The summed E-state index contributed by atoms with van der Waals surface area (Å²) in [6.45, 7) is 7.89. The Morgan fingerprint density at radius 1 is 1.55 bits per heavy atom. The zero-order valence-electron chi connectivity index (χ0n) is 13.6. The van der Waals surface area contributed by atoms with Crippen molar-refractivity contribution in [1.29, 1.82) is 0 Å². The second kappa shape index (κ2) is 5.35. The van der Waals surface area contributed by atoms with Gasteiger partial charge in [0.05, 0.1) is 12.6 Å². The number of aliphatic hydroxyl groups is 1. The Kier molecular flexibility index (Phi) is 3.77. The second-order valence-electron chi connectivity index (χ2n) is 7.46. The minimum atomic E-state index is -0.572. The zero-order valence-corrected chi connectivity index (χ0v) is 13.6. The fourth-order valence-electron chi connectivity index (χ4n) is 3.31. The molecule has 22 heavy (non-hydrogen) atoms. The monoisotopic (exact) mass is 307 g/mol. The van der Waals surface area contributed by atoms with Gasteiger partial charge < -0.3 is 14.7 Å². The van der Waals surface area contributed by atoms with Gasteiger partial charge in [-0.2, -0.15) is 5.10 Å². The first kappa shape index (κ1) is 15.5. The lowest BCUT2D eigenvalue weighted by Crippen LogP contribution is -2.57. The van der Waals surface area contributed by atoms with Crippen LogP contribution >= 0.6 is 0 Å². The molecule has 2 saturated heterocycles. The van der Waals surface area contributed by atoms with Gasteiger partial charge in [0, 0.05) is 24.3 Å². The van der Waals surface area contributed by atoms with Gasteiger partial charge in [-0.05, 0) is 25.3 Å². The van der Waals surface area contributed by atoms with Crippen molar-refractivity contribution in [2.75, 3.05) is 19.7 Å². The van der Waals surface area contributed by atoms with Crippen molar-refractivity contribution in [3.8, 4) is 0 Å². The molecule has 6 nitrogen and oxygen atoms in total. The number of aliphatic hydroxyl groups excluding tert-OH is 1. The van der Waals surface area contributed by atoms with Gasteiger partial charge in [0.2, 0.25) is 0 Å². The number of ether oxygens (including phenoxy) is 1. The number of amides is 1. The van der Waals surface area contributed by atoms with E-state index in [1.807, 2.05) is 6.07 Å². The van der Waals surface area contributed by atoms with Crippen molar-refractivity contribution in [3.63, 3.8) is 0 Å². The van der Waals surface area contributed by atoms with Gasteiger partial charge in [-0.15, -0.1) is 0 Å². The first-order valence-electron chi connectivity index (χ1n) is 7.99.